The Morgan fingerprint density at radius 3 is 2.52 bits per heavy atom. The van der Waals surface area contributed by atoms with E-state index in [4.69, 9.17) is 4.74 Å². The molecule has 0 unspecified atom stereocenters. The Morgan fingerprint density at radius 2 is 1.91 bits per heavy atom. The van der Waals surface area contributed by atoms with E-state index in [1.165, 1.54) is 51.6 Å². The monoisotopic (exact) mass is 438 g/mol. The first-order valence-corrected chi connectivity index (χ1v) is 9.03. The fraction of sp³-hybridized carbons (Fsp3) is 0.941. The maximum atomic E-state index is 5.50. The van der Waals surface area contributed by atoms with E-state index in [1.54, 1.807) is 0 Å². The zero-order valence-electron chi connectivity index (χ0n) is 14.9. The molecule has 0 aromatic heterocycles. The Labute approximate surface area is 159 Å². The van der Waals surface area contributed by atoms with E-state index in [0.717, 1.165) is 38.8 Å². The number of halogens is 1. The first-order valence-electron chi connectivity index (χ1n) is 9.03. The molecule has 2 aliphatic rings. The minimum atomic E-state index is 0. The minimum absolute atomic E-state index is 0. The van der Waals surface area contributed by atoms with E-state index in [-0.39, 0.29) is 24.0 Å². The third-order valence-corrected chi connectivity index (χ3v) is 4.96. The summed E-state index contributed by atoms with van der Waals surface area (Å²) in [6.07, 6.45) is 7.91. The van der Waals surface area contributed by atoms with Crippen molar-refractivity contribution >= 4 is 29.9 Å². The quantitative estimate of drug-likeness (QED) is 0.251. The lowest BCUT2D eigenvalue weighted by atomic mass is 10.0. The fourth-order valence-corrected chi connectivity index (χ4v) is 3.13. The van der Waals surface area contributed by atoms with Gasteiger partial charge in [0.2, 0.25) is 0 Å². The largest absolute Gasteiger partial charge is 0.382 e. The van der Waals surface area contributed by atoms with Gasteiger partial charge in [-0.3, -0.25) is 4.99 Å². The molecule has 1 saturated carbocycles. The molecular formula is C17H35IN4O. The van der Waals surface area contributed by atoms with Gasteiger partial charge < -0.3 is 20.3 Å². The van der Waals surface area contributed by atoms with Gasteiger partial charge >= 0.3 is 0 Å². The third-order valence-electron chi connectivity index (χ3n) is 4.96. The van der Waals surface area contributed by atoms with Crippen LogP contribution in [0.2, 0.25) is 0 Å². The van der Waals surface area contributed by atoms with Crippen LogP contribution in [0.25, 0.3) is 0 Å². The normalized spacial score (nSPS) is 20.7. The van der Waals surface area contributed by atoms with Crippen molar-refractivity contribution in [3.05, 3.63) is 0 Å². The number of nitrogens with zero attached hydrogens (tertiary/aromatic N) is 2. The van der Waals surface area contributed by atoms with E-state index >= 15 is 0 Å². The molecule has 6 heteroatoms. The van der Waals surface area contributed by atoms with Crippen LogP contribution >= 0.6 is 24.0 Å². The highest BCUT2D eigenvalue weighted by Gasteiger charge is 2.41. The standard InChI is InChI=1S/C17H34N4O.HI/c1-3-22-14-9-17(7-8-17)15-20-16(18-2)19-10-13-21-11-5-4-6-12-21;/h3-15H2,1-2H3,(H2,18,19,20);1H. The zero-order chi connectivity index (χ0) is 15.7. The van der Waals surface area contributed by atoms with E-state index in [1.807, 2.05) is 7.05 Å². The summed E-state index contributed by atoms with van der Waals surface area (Å²) in [6, 6.07) is 0. The zero-order valence-corrected chi connectivity index (χ0v) is 17.2. The van der Waals surface area contributed by atoms with Crippen LogP contribution in [-0.4, -0.2) is 63.8 Å². The molecule has 2 N–H and O–H groups in total. The molecule has 0 aromatic carbocycles. The second-order valence-corrected chi connectivity index (χ2v) is 6.70. The Hall–Kier alpha value is -0.0800. The Morgan fingerprint density at radius 1 is 1.17 bits per heavy atom. The molecule has 0 spiro atoms. The molecule has 1 heterocycles. The van der Waals surface area contributed by atoms with Crippen molar-refractivity contribution in [1.29, 1.82) is 0 Å². The molecule has 23 heavy (non-hydrogen) atoms. The SMILES string of the molecule is CCOCCC1(CNC(=NC)NCCN2CCCCC2)CC1.I. The lowest BCUT2D eigenvalue weighted by Crippen LogP contribution is -2.44. The van der Waals surface area contributed by atoms with Crippen molar-refractivity contribution in [2.45, 2.75) is 45.4 Å². The Kier molecular flexibility index (Phi) is 10.5. The average molecular weight is 438 g/mol. The van der Waals surface area contributed by atoms with Gasteiger partial charge in [-0.2, -0.15) is 0 Å². The summed E-state index contributed by atoms with van der Waals surface area (Å²) >= 11 is 0. The van der Waals surface area contributed by atoms with Crippen molar-refractivity contribution < 1.29 is 4.74 Å². The third kappa shape index (κ3) is 8.03. The molecule has 0 bridgehead atoms. The molecule has 0 radical (unpaired) electrons. The number of likely N-dealkylation sites (tertiary alicyclic amines) is 1. The van der Waals surface area contributed by atoms with Gasteiger partial charge in [0.1, 0.15) is 0 Å². The number of hydrogen-bond acceptors (Lipinski definition) is 3. The second-order valence-electron chi connectivity index (χ2n) is 6.70. The molecule has 0 atom stereocenters. The van der Waals surface area contributed by atoms with Crippen molar-refractivity contribution in [3.63, 3.8) is 0 Å². The number of hydrogen-bond donors (Lipinski definition) is 2. The fourth-order valence-electron chi connectivity index (χ4n) is 3.13. The number of ether oxygens (including phenoxy) is 1. The molecule has 1 aliphatic heterocycles. The summed E-state index contributed by atoms with van der Waals surface area (Å²) in [7, 11) is 1.86. The maximum absolute atomic E-state index is 5.50. The van der Waals surface area contributed by atoms with E-state index in [9.17, 15) is 0 Å². The summed E-state index contributed by atoms with van der Waals surface area (Å²) in [4.78, 5) is 6.89. The summed E-state index contributed by atoms with van der Waals surface area (Å²) in [5, 5.41) is 6.95. The Balaban J connectivity index is 0.00000264. The summed E-state index contributed by atoms with van der Waals surface area (Å²) < 4.78 is 5.50. The first-order chi connectivity index (χ1) is 10.8. The molecule has 0 amide bonds. The van der Waals surface area contributed by atoms with Gasteiger partial charge in [-0.1, -0.05) is 6.42 Å². The van der Waals surface area contributed by atoms with Crippen molar-refractivity contribution in [1.82, 2.24) is 15.5 Å². The predicted octanol–water partition coefficient (Wildman–Crippen LogP) is 2.46. The lowest BCUT2D eigenvalue weighted by Gasteiger charge is -2.26. The van der Waals surface area contributed by atoms with Crippen molar-refractivity contribution in [2.75, 3.05) is 53.0 Å². The van der Waals surface area contributed by atoms with Gasteiger partial charge in [0.25, 0.3) is 0 Å². The summed E-state index contributed by atoms with van der Waals surface area (Å²) in [6.45, 7) is 9.40. The molecule has 2 fully saturated rings. The molecule has 0 aromatic rings. The number of rotatable bonds is 9. The number of nitrogens with one attached hydrogen (secondary N) is 2. The molecule has 136 valence electrons. The number of piperidine rings is 1. The van der Waals surface area contributed by atoms with Crippen molar-refractivity contribution in [3.8, 4) is 0 Å². The van der Waals surface area contributed by atoms with E-state index in [0.29, 0.717) is 5.41 Å². The predicted molar refractivity (Wildman–Crippen MR) is 108 cm³/mol. The van der Waals surface area contributed by atoms with Crippen LogP contribution in [0.5, 0.6) is 0 Å². The molecular weight excluding hydrogens is 403 g/mol. The number of aliphatic imine (C=N–C) groups is 1. The van der Waals surface area contributed by atoms with E-state index < -0.39 is 0 Å². The van der Waals surface area contributed by atoms with Gasteiger partial charge in [-0.25, -0.2) is 0 Å². The van der Waals surface area contributed by atoms with Crippen LogP contribution in [0.3, 0.4) is 0 Å². The van der Waals surface area contributed by atoms with Crippen LogP contribution in [0.4, 0.5) is 0 Å². The number of guanidine groups is 1. The first kappa shape index (κ1) is 21.0. The van der Waals surface area contributed by atoms with Gasteiger partial charge in [0.15, 0.2) is 5.96 Å². The molecule has 1 aliphatic carbocycles. The van der Waals surface area contributed by atoms with Crippen molar-refractivity contribution in [2.24, 2.45) is 10.4 Å². The van der Waals surface area contributed by atoms with Crippen LogP contribution in [0.15, 0.2) is 4.99 Å². The molecule has 1 saturated heterocycles. The van der Waals surface area contributed by atoms with Gasteiger partial charge in [0, 0.05) is 39.9 Å². The van der Waals surface area contributed by atoms with Gasteiger partial charge in [-0.15, -0.1) is 24.0 Å². The van der Waals surface area contributed by atoms with Crippen LogP contribution in [0, 0.1) is 5.41 Å². The highest BCUT2D eigenvalue weighted by Crippen LogP contribution is 2.48. The highest BCUT2D eigenvalue weighted by molar-refractivity contribution is 14.0. The lowest BCUT2D eigenvalue weighted by molar-refractivity contribution is 0.128. The Bertz CT molecular complexity index is 341. The van der Waals surface area contributed by atoms with Gasteiger partial charge in [0.05, 0.1) is 0 Å². The summed E-state index contributed by atoms with van der Waals surface area (Å²) in [5.74, 6) is 0.944. The maximum Gasteiger partial charge on any atom is 0.191 e. The highest BCUT2D eigenvalue weighted by atomic mass is 127. The topological polar surface area (TPSA) is 48.9 Å². The minimum Gasteiger partial charge on any atom is -0.382 e. The molecule has 5 nitrogen and oxygen atoms in total. The van der Waals surface area contributed by atoms with Crippen LogP contribution < -0.4 is 10.6 Å². The van der Waals surface area contributed by atoms with Crippen LogP contribution in [-0.2, 0) is 4.74 Å². The second kappa shape index (κ2) is 11.5. The smallest absolute Gasteiger partial charge is 0.191 e. The molecule has 2 rings (SSSR count). The summed E-state index contributed by atoms with van der Waals surface area (Å²) in [5.41, 5.74) is 0.458. The van der Waals surface area contributed by atoms with Gasteiger partial charge in [-0.05, 0) is 57.5 Å². The van der Waals surface area contributed by atoms with E-state index in [2.05, 4.69) is 27.4 Å². The average Bonchev–Trinajstić information content (AvgIpc) is 3.32. The van der Waals surface area contributed by atoms with Crippen LogP contribution in [0.1, 0.15) is 45.4 Å².